The van der Waals surface area contributed by atoms with E-state index in [0.29, 0.717) is 17.1 Å². The van der Waals surface area contributed by atoms with Gasteiger partial charge in [0.05, 0.1) is 12.8 Å². The van der Waals surface area contributed by atoms with Crippen LogP contribution in [-0.2, 0) is 0 Å². The number of H-pyrrole nitrogens is 1. The van der Waals surface area contributed by atoms with Crippen LogP contribution in [0.15, 0.2) is 35.1 Å². The predicted molar refractivity (Wildman–Crippen MR) is 126 cm³/mol. The summed E-state index contributed by atoms with van der Waals surface area (Å²) >= 11 is 0. The summed E-state index contributed by atoms with van der Waals surface area (Å²) < 4.78 is 6.75. The highest BCUT2D eigenvalue weighted by Gasteiger charge is 2.26. The molecule has 0 radical (unpaired) electrons. The number of nitrogens with one attached hydrogen (secondary N) is 1. The van der Waals surface area contributed by atoms with Crippen molar-refractivity contribution < 1.29 is 4.74 Å². The molecular formula is C25H33N5O2. The first-order chi connectivity index (χ1) is 15.7. The van der Waals surface area contributed by atoms with Crippen molar-refractivity contribution in [1.29, 1.82) is 0 Å². The molecule has 0 bridgehead atoms. The molecule has 1 N–H and O–H groups in total. The number of hydrogen-bond acceptors (Lipinski definition) is 5. The summed E-state index contributed by atoms with van der Waals surface area (Å²) in [4.78, 5) is 23.1. The Morgan fingerprint density at radius 2 is 1.97 bits per heavy atom. The summed E-state index contributed by atoms with van der Waals surface area (Å²) in [5, 5.41) is 5.69. The van der Waals surface area contributed by atoms with E-state index in [9.17, 15) is 4.79 Å². The first kappa shape index (κ1) is 21.2. The molecule has 1 aromatic carbocycles. The van der Waals surface area contributed by atoms with E-state index < -0.39 is 0 Å². The van der Waals surface area contributed by atoms with E-state index in [0.717, 1.165) is 43.1 Å². The summed E-state index contributed by atoms with van der Waals surface area (Å²) in [6.07, 6.45) is 10.5. The van der Waals surface area contributed by atoms with Crippen LogP contribution in [0.5, 0.6) is 5.88 Å². The van der Waals surface area contributed by atoms with Crippen LogP contribution in [0.25, 0.3) is 16.6 Å². The van der Waals surface area contributed by atoms with Crippen LogP contribution in [0.1, 0.15) is 63.1 Å². The molecule has 1 saturated heterocycles. The maximum atomic E-state index is 12.9. The van der Waals surface area contributed by atoms with Crippen molar-refractivity contribution in [3.8, 4) is 11.6 Å². The summed E-state index contributed by atoms with van der Waals surface area (Å²) in [5.41, 5.74) is 1.18. The van der Waals surface area contributed by atoms with Crippen LogP contribution >= 0.6 is 0 Å². The third-order valence-corrected chi connectivity index (χ3v) is 7.22. The second kappa shape index (κ2) is 9.45. The van der Waals surface area contributed by atoms with Gasteiger partial charge in [-0.25, -0.2) is 9.78 Å². The molecular weight excluding hydrogens is 402 g/mol. The molecule has 1 aliphatic carbocycles. The molecule has 1 saturated carbocycles. The van der Waals surface area contributed by atoms with E-state index in [2.05, 4.69) is 14.9 Å². The number of aromatic amines is 1. The lowest BCUT2D eigenvalue weighted by atomic mass is 9.86. The van der Waals surface area contributed by atoms with Crippen molar-refractivity contribution in [2.45, 2.75) is 57.3 Å². The number of benzene rings is 1. The van der Waals surface area contributed by atoms with Crippen molar-refractivity contribution in [2.75, 3.05) is 26.7 Å². The quantitative estimate of drug-likeness (QED) is 0.626. The van der Waals surface area contributed by atoms with E-state index in [1.54, 1.807) is 7.11 Å². The van der Waals surface area contributed by atoms with Crippen LogP contribution in [-0.4, -0.2) is 51.4 Å². The fraction of sp³-hybridized carbons (Fsp3) is 0.560. The van der Waals surface area contributed by atoms with Crippen LogP contribution in [0, 0.1) is 5.92 Å². The number of methoxy groups -OCH3 is 1. The van der Waals surface area contributed by atoms with Gasteiger partial charge in [0, 0.05) is 23.9 Å². The molecule has 7 nitrogen and oxygen atoms in total. The Kier molecular flexibility index (Phi) is 6.26. The Morgan fingerprint density at radius 1 is 1.09 bits per heavy atom. The third-order valence-electron chi connectivity index (χ3n) is 7.22. The predicted octanol–water partition coefficient (Wildman–Crippen LogP) is 4.27. The topological polar surface area (TPSA) is 76.0 Å². The Balaban J connectivity index is 1.34. The molecule has 2 aliphatic rings. The van der Waals surface area contributed by atoms with Gasteiger partial charge in [0.15, 0.2) is 0 Å². The van der Waals surface area contributed by atoms with Crippen LogP contribution in [0.3, 0.4) is 0 Å². The number of piperidine rings is 1. The standard InChI is InChI=1S/C25H33N5O2/c1-32-22-13-12-19-9-5-11-21(23(19)26-22)30-25(31)27-24(28-30)20-10-6-15-29(17-20)16-14-18-7-3-2-4-8-18/h5,9,11-13,18,20H,2-4,6-8,10,14-17H2,1H3,(H,27,28,31). The zero-order chi connectivity index (χ0) is 21.9. The molecule has 170 valence electrons. The number of likely N-dealkylation sites (tertiary alicyclic amines) is 1. The van der Waals surface area contributed by atoms with Crippen LogP contribution in [0.2, 0.25) is 0 Å². The second-order valence-corrected chi connectivity index (χ2v) is 9.36. The number of nitrogens with zero attached hydrogens (tertiary/aromatic N) is 4. The number of para-hydroxylation sites is 1. The second-order valence-electron chi connectivity index (χ2n) is 9.36. The van der Waals surface area contributed by atoms with Gasteiger partial charge in [0.2, 0.25) is 5.88 Å². The third kappa shape index (κ3) is 4.44. The molecule has 0 spiro atoms. The van der Waals surface area contributed by atoms with Crippen molar-refractivity contribution in [3.63, 3.8) is 0 Å². The zero-order valence-corrected chi connectivity index (χ0v) is 18.9. The van der Waals surface area contributed by atoms with Gasteiger partial charge >= 0.3 is 5.69 Å². The summed E-state index contributed by atoms with van der Waals surface area (Å²) in [6.45, 7) is 3.29. The summed E-state index contributed by atoms with van der Waals surface area (Å²) in [5.74, 6) is 2.48. The maximum Gasteiger partial charge on any atom is 0.348 e. The molecule has 1 unspecified atom stereocenters. The summed E-state index contributed by atoms with van der Waals surface area (Å²) in [6, 6.07) is 9.58. The van der Waals surface area contributed by atoms with Crippen LogP contribution < -0.4 is 10.4 Å². The fourth-order valence-corrected chi connectivity index (χ4v) is 5.41. The molecule has 3 aromatic rings. The largest absolute Gasteiger partial charge is 0.481 e. The number of aromatic nitrogens is 4. The minimum absolute atomic E-state index is 0.212. The van der Waals surface area contributed by atoms with E-state index in [1.807, 2.05) is 30.3 Å². The lowest BCUT2D eigenvalue weighted by Crippen LogP contribution is -2.36. The van der Waals surface area contributed by atoms with Gasteiger partial charge in [-0.15, -0.1) is 5.10 Å². The van der Waals surface area contributed by atoms with Gasteiger partial charge in [0.25, 0.3) is 0 Å². The SMILES string of the molecule is COc1ccc2cccc(-n3nc(C4CCCN(CCC5CCCCC5)C4)[nH]c3=O)c2n1. The number of fused-ring (bicyclic) bond motifs is 1. The monoisotopic (exact) mass is 435 g/mol. The number of ether oxygens (including phenoxy) is 1. The van der Waals surface area contributed by atoms with Crippen molar-refractivity contribution >= 4 is 10.9 Å². The van der Waals surface area contributed by atoms with E-state index >= 15 is 0 Å². The minimum atomic E-state index is -0.212. The first-order valence-corrected chi connectivity index (χ1v) is 12.1. The Labute approximate surface area is 188 Å². The summed E-state index contributed by atoms with van der Waals surface area (Å²) in [7, 11) is 1.60. The molecule has 1 atom stereocenters. The van der Waals surface area contributed by atoms with Crippen molar-refractivity contribution in [3.05, 3.63) is 46.6 Å². The van der Waals surface area contributed by atoms with Gasteiger partial charge in [-0.2, -0.15) is 4.68 Å². The highest BCUT2D eigenvalue weighted by molar-refractivity contribution is 5.86. The number of pyridine rings is 1. The molecule has 3 heterocycles. The number of rotatable bonds is 6. The Bertz CT molecular complexity index is 1110. The van der Waals surface area contributed by atoms with Gasteiger partial charge < -0.3 is 9.64 Å². The molecule has 2 fully saturated rings. The van der Waals surface area contributed by atoms with Crippen LogP contribution in [0.4, 0.5) is 0 Å². The smallest absolute Gasteiger partial charge is 0.348 e. The highest BCUT2D eigenvalue weighted by Crippen LogP contribution is 2.29. The lowest BCUT2D eigenvalue weighted by Gasteiger charge is -2.33. The maximum absolute atomic E-state index is 12.9. The Hall–Kier alpha value is -2.67. The van der Waals surface area contributed by atoms with Gasteiger partial charge in [-0.1, -0.05) is 44.2 Å². The normalized spacial score (nSPS) is 20.6. The average molecular weight is 436 g/mol. The first-order valence-electron chi connectivity index (χ1n) is 12.1. The number of hydrogen-bond donors (Lipinski definition) is 1. The average Bonchev–Trinajstić information content (AvgIpc) is 3.24. The lowest BCUT2D eigenvalue weighted by molar-refractivity contribution is 0.182. The van der Waals surface area contributed by atoms with Crippen molar-refractivity contribution in [1.82, 2.24) is 24.6 Å². The Morgan fingerprint density at radius 3 is 2.81 bits per heavy atom. The molecule has 0 amide bonds. The molecule has 7 heteroatoms. The molecule has 5 rings (SSSR count). The van der Waals surface area contributed by atoms with Gasteiger partial charge in [-0.3, -0.25) is 4.98 Å². The van der Waals surface area contributed by atoms with Gasteiger partial charge in [-0.05, 0) is 50.4 Å². The van der Waals surface area contributed by atoms with E-state index in [1.165, 1.54) is 49.8 Å². The zero-order valence-electron chi connectivity index (χ0n) is 18.9. The van der Waals surface area contributed by atoms with E-state index in [4.69, 9.17) is 9.84 Å². The highest BCUT2D eigenvalue weighted by atomic mass is 16.5. The van der Waals surface area contributed by atoms with Gasteiger partial charge in [0.1, 0.15) is 11.3 Å². The molecule has 2 aromatic heterocycles. The molecule has 32 heavy (non-hydrogen) atoms. The molecule has 1 aliphatic heterocycles. The fourth-order valence-electron chi connectivity index (χ4n) is 5.41. The van der Waals surface area contributed by atoms with Crippen molar-refractivity contribution in [2.24, 2.45) is 5.92 Å². The minimum Gasteiger partial charge on any atom is -0.481 e. The van der Waals surface area contributed by atoms with E-state index in [-0.39, 0.29) is 11.6 Å².